The fraction of sp³-hybridized carbons (Fsp3) is 0.406. The van der Waals surface area contributed by atoms with Crippen molar-refractivity contribution >= 4 is 38.7 Å². The lowest BCUT2D eigenvalue weighted by Gasteiger charge is -2.38. The van der Waals surface area contributed by atoms with Gasteiger partial charge in [-0.1, -0.05) is 60.7 Å². The highest BCUT2D eigenvalue weighted by Crippen LogP contribution is 2.43. The Bertz CT molecular complexity index is 1650. The number of hydrogen-bond donors (Lipinski definition) is 1. The zero-order valence-electron chi connectivity index (χ0n) is 23.9. The molecule has 4 aromatic rings. The number of benzene rings is 3. The largest absolute Gasteiger partial charge is 0.353 e. The average molecular weight is 604 g/mol. The minimum absolute atomic E-state index is 0.0783. The van der Waals surface area contributed by atoms with E-state index in [0.717, 1.165) is 69.0 Å². The standard InChI is InChI=1S/C32H37N5O3S2/c1-36(42(39,40)29-13-7-12-28-31(29)35-41-34-28)23-32(17-14-25-10-5-6-11-27(25)32)18-21-37-19-15-26(16-20-37)33-30(38)22-24-8-3-2-4-9-24/h2-13,26H,14-23H2,1H3,(H,33,38). The zero-order valence-corrected chi connectivity index (χ0v) is 25.5. The number of amides is 1. The fourth-order valence-corrected chi connectivity index (χ4v) is 8.67. The lowest BCUT2D eigenvalue weighted by atomic mass is 9.78. The van der Waals surface area contributed by atoms with Crippen LogP contribution in [0.2, 0.25) is 0 Å². The Morgan fingerprint density at radius 1 is 1.02 bits per heavy atom. The molecular weight excluding hydrogens is 567 g/mol. The predicted octanol–water partition coefficient (Wildman–Crippen LogP) is 4.41. The molecular formula is C32H37N5O3S2. The molecule has 1 saturated heterocycles. The maximum Gasteiger partial charge on any atom is 0.245 e. The van der Waals surface area contributed by atoms with Crippen molar-refractivity contribution in [1.82, 2.24) is 23.3 Å². The second-order valence-electron chi connectivity index (χ2n) is 11.7. The average Bonchev–Trinajstić information content (AvgIpc) is 3.63. The van der Waals surface area contributed by atoms with Crippen molar-refractivity contribution in [3.63, 3.8) is 0 Å². The summed E-state index contributed by atoms with van der Waals surface area (Å²) in [7, 11) is -2.07. The molecule has 1 N–H and O–H groups in total. The molecule has 0 spiro atoms. The first-order valence-corrected chi connectivity index (χ1v) is 16.8. The Morgan fingerprint density at radius 2 is 1.79 bits per heavy atom. The number of nitrogens with zero attached hydrogens (tertiary/aromatic N) is 4. The summed E-state index contributed by atoms with van der Waals surface area (Å²) in [4.78, 5) is 15.3. The Labute approximate surface area is 252 Å². The van der Waals surface area contributed by atoms with E-state index >= 15 is 0 Å². The van der Waals surface area contributed by atoms with Gasteiger partial charge < -0.3 is 10.2 Å². The molecule has 1 aliphatic heterocycles. The van der Waals surface area contributed by atoms with Crippen LogP contribution in [0.25, 0.3) is 11.0 Å². The number of likely N-dealkylation sites (N-methyl/N-ethyl adjacent to an activating group) is 1. The van der Waals surface area contributed by atoms with E-state index in [2.05, 4.69) is 43.2 Å². The molecule has 0 radical (unpaired) electrons. The van der Waals surface area contributed by atoms with Gasteiger partial charge in [0.05, 0.1) is 18.1 Å². The van der Waals surface area contributed by atoms with Crippen LogP contribution in [0.5, 0.6) is 0 Å². The number of carbonyl (C=O) groups is 1. The number of nitrogens with one attached hydrogen (secondary N) is 1. The number of carbonyl (C=O) groups excluding carboxylic acids is 1. The van der Waals surface area contributed by atoms with E-state index in [0.29, 0.717) is 24.0 Å². The van der Waals surface area contributed by atoms with Gasteiger partial charge in [0.25, 0.3) is 0 Å². The van der Waals surface area contributed by atoms with Crippen LogP contribution in [0, 0.1) is 0 Å². The zero-order chi connectivity index (χ0) is 29.2. The molecule has 1 unspecified atom stereocenters. The highest BCUT2D eigenvalue weighted by molar-refractivity contribution is 7.89. The van der Waals surface area contributed by atoms with Crippen molar-refractivity contribution in [3.05, 3.63) is 89.5 Å². The van der Waals surface area contributed by atoms with E-state index in [1.807, 2.05) is 30.3 Å². The molecule has 1 amide bonds. The van der Waals surface area contributed by atoms with Crippen LogP contribution < -0.4 is 5.32 Å². The monoisotopic (exact) mass is 603 g/mol. The van der Waals surface area contributed by atoms with E-state index in [9.17, 15) is 13.2 Å². The van der Waals surface area contributed by atoms with Gasteiger partial charge in [-0.15, -0.1) is 0 Å². The summed E-state index contributed by atoms with van der Waals surface area (Å²) < 4.78 is 37.7. The molecule has 10 heteroatoms. The van der Waals surface area contributed by atoms with Crippen LogP contribution in [-0.2, 0) is 33.1 Å². The van der Waals surface area contributed by atoms with Crippen molar-refractivity contribution in [1.29, 1.82) is 0 Å². The molecule has 1 aromatic heterocycles. The van der Waals surface area contributed by atoms with E-state index in [1.54, 1.807) is 25.2 Å². The molecule has 1 aliphatic carbocycles. The van der Waals surface area contributed by atoms with Gasteiger partial charge in [-0.2, -0.15) is 13.1 Å². The third-order valence-corrected chi connectivity index (χ3v) is 11.4. The van der Waals surface area contributed by atoms with Gasteiger partial charge in [0.2, 0.25) is 15.9 Å². The maximum absolute atomic E-state index is 13.8. The van der Waals surface area contributed by atoms with Crippen molar-refractivity contribution in [3.8, 4) is 0 Å². The number of piperidine rings is 1. The molecule has 0 saturated carbocycles. The summed E-state index contributed by atoms with van der Waals surface area (Å²) in [6.45, 7) is 3.13. The summed E-state index contributed by atoms with van der Waals surface area (Å²) in [5, 5.41) is 3.23. The summed E-state index contributed by atoms with van der Waals surface area (Å²) >= 11 is 1.03. The van der Waals surface area contributed by atoms with Crippen LogP contribution in [-0.4, -0.2) is 71.5 Å². The first kappa shape index (κ1) is 28.9. The van der Waals surface area contributed by atoms with Crippen LogP contribution in [0.3, 0.4) is 0 Å². The lowest BCUT2D eigenvalue weighted by Crippen LogP contribution is -2.47. The van der Waals surface area contributed by atoms with Gasteiger partial charge in [-0.25, -0.2) is 8.42 Å². The Morgan fingerprint density at radius 3 is 2.60 bits per heavy atom. The minimum Gasteiger partial charge on any atom is -0.353 e. The van der Waals surface area contributed by atoms with E-state index in [4.69, 9.17) is 0 Å². The molecule has 1 atom stereocenters. The molecule has 2 heterocycles. The second-order valence-corrected chi connectivity index (χ2v) is 14.2. The molecule has 42 heavy (non-hydrogen) atoms. The topological polar surface area (TPSA) is 95.5 Å². The molecule has 6 rings (SSSR count). The van der Waals surface area contributed by atoms with Gasteiger partial charge in [0.1, 0.15) is 15.9 Å². The number of sulfonamides is 1. The van der Waals surface area contributed by atoms with Crippen LogP contribution in [0.1, 0.15) is 42.4 Å². The first-order valence-electron chi connectivity index (χ1n) is 14.7. The summed E-state index contributed by atoms with van der Waals surface area (Å²) in [5.41, 5.74) is 4.39. The Balaban J connectivity index is 1.12. The van der Waals surface area contributed by atoms with E-state index < -0.39 is 10.0 Å². The molecule has 0 bridgehead atoms. The van der Waals surface area contributed by atoms with Gasteiger partial charge in [-0.3, -0.25) is 4.79 Å². The van der Waals surface area contributed by atoms with Gasteiger partial charge in [0.15, 0.2) is 0 Å². The smallest absolute Gasteiger partial charge is 0.245 e. The molecule has 8 nitrogen and oxygen atoms in total. The van der Waals surface area contributed by atoms with Crippen molar-refractivity contribution in [2.24, 2.45) is 0 Å². The lowest BCUT2D eigenvalue weighted by molar-refractivity contribution is -0.121. The van der Waals surface area contributed by atoms with Crippen molar-refractivity contribution in [2.75, 3.05) is 33.2 Å². The first-order chi connectivity index (χ1) is 20.3. The van der Waals surface area contributed by atoms with Gasteiger partial charge in [-0.05, 0) is 67.5 Å². The number of likely N-dealkylation sites (tertiary alicyclic amines) is 1. The normalized spacial score (nSPS) is 19.8. The van der Waals surface area contributed by atoms with Crippen molar-refractivity contribution in [2.45, 2.75) is 54.9 Å². The molecule has 3 aromatic carbocycles. The summed E-state index contributed by atoms with van der Waals surface area (Å²) in [6, 6.07) is 23.7. The fourth-order valence-electron chi connectivity index (χ4n) is 6.67. The number of aryl methyl sites for hydroxylation is 1. The van der Waals surface area contributed by atoms with Crippen molar-refractivity contribution < 1.29 is 13.2 Å². The number of hydrogen-bond acceptors (Lipinski definition) is 7. The number of aromatic nitrogens is 2. The van der Waals surface area contributed by atoms with Crippen LogP contribution in [0.15, 0.2) is 77.7 Å². The Kier molecular flexibility index (Phi) is 8.40. The number of fused-ring (bicyclic) bond motifs is 2. The quantitative estimate of drug-likeness (QED) is 0.289. The van der Waals surface area contributed by atoms with E-state index in [1.165, 1.54) is 15.4 Å². The van der Waals surface area contributed by atoms with Gasteiger partial charge in [0, 0.05) is 38.1 Å². The molecule has 220 valence electrons. The molecule has 1 fully saturated rings. The Hall–Kier alpha value is -3.18. The van der Waals surface area contributed by atoms with Gasteiger partial charge >= 0.3 is 0 Å². The third-order valence-electron chi connectivity index (χ3n) is 8.99. The van der Waals surface area contributed by atoms with E-state index in [-0.39, 0.29) is 22.3 Å². The second kappa shape index (κ2) is 12.2. The maximum atomic E-state index is 13.8. The summed E-state index contributed by atoms with van der Waals surface area (Å²) in [5.74, 6) is 0.0783. The highest BCUT2D eigenvalue weighted by atomic mass is 32.2. The SMILES string of the molecule is CN(CC1(CCN2CCC(NC(=O)Cc3ccccc3)CC2)CCc2ccccc21)S(=O)(=O)c1cccc2nsnc12. The number of rotatable bonds is 10. The predicted molar refractivity (Wildman–Crippen MR) is 166 cm³/mol. The highest BCUT2D eigenvalue weighted by Gasteiger charge is 2.42. The molecule has 2 aliphatic rings. The third kappa shape index (κ3) is 5.99. The van der Waals surface area contributed by atoms with Crippen LogP contribution in [0.4, 0.5) is 0 Å². The van der Waals surface area contributed by atoms with Crippen LogP contribution >= 0.6 is 11.7 Å². The minimum atomic E-state index is -3.76. The summed E-state index contributed by atoms with van der Waals surface area (Å²) in [6.07, 6.45) is 4.99.